The maximum Gasteiger partial charge on any atom is 0.0716 e. The third-order valence-electron chi connectivity index (χ3n) is 3.08. The van der Waals surface area contributed by atoms with Crippen molar-refractivity contribution in [2.24, 2.45) is 5.73 Å². The molecule has 0 aliphatic heterocycles. The summed E-state index contributed by atoms with van der Waals surface area (Å²) in [7, 11) is 0. The van der Waals surface area contributed by atoms with Crippen LogP contribution in [0.25, 0.3) is 0 Å². The average molecular weight is 305 g/mol. The molecule has 1 aromatic carbocycles. The minimum absolute atomic E-state index is 0.0823. The van der Waals surface area contributed by atoms with E-state index in [4.69, 9.17) is 5.73 Å². The number of hydrogen-bond donors (Lipinski definition) is 1. The second-order valence-electron chi connectivity index (χ2n) is 4.61. The zero-order valence-corrected chi connectivity index (χ0v) is 12.2. The van der Waals surface area contributed by atoms with Gasteiger partial charge >= 0.3 is 0 Å². The second-order valence-corrected chi connectivity index (χ2v) is 5.47. The monoisotopic (exact) mass is 304 g/mol. The van der Waals surface area contributed by atoms with Crippen molar-refractivity contribution in [2.75, 3.05) is 0 Å². The number of aryl methyl sites for hydroxylation is 2. The molecule has 1 unspecified atom stereocenters. The molecule has 18 heavy (non-hydrogen) atoms. The van der Waals surface area contributed by atoms with Gasteiger partial charge in [0.15, 0.2) is 0 Å². The summed E-state index contributed by atoms with van der Waals surface area (Å²) in [5.74, 6) is 0. The van der Waals surface area contributed by atoms with E-state index in [1.807, 2.05) is 12.1 Å². The Balaban J connectivity index is 2.24. The summed E-state index contributed by atoms with van der Waals surface area (Å²) >= 11 is 3.50. The first kappa shape index (κ1) is 13.2. The molecule has 3 heteroatoms. The predicted molar refractivity (Wildman–Crippen MR) is 78.5 cm³/mol. The zero-order chi connectivity index (χ0) is 13.1. The van der Waals surface area contributed by atoms with Crippen LogP contribution >= 0.6 is 15.9 Å². The van der Waals surface area contributed by atoms with Crippen LogP contribution in [-0.2, 0) is 6.42 Å². The lowest BCUT2D eigenvalue weighted by atomic mass is 9.98. The maximum absolute atomic E-state index is 6.25. The first-order chi connectivity index (χ1) is 8.58. The second kappa shape index (κ2) is 5.63. The molecule has 1 atom stereocenters. The van der Waals surface area contributed by atoms with Crippen molar-refractivity contribution >= 4 is 15.9 Å². The zero-order valence-electron chi connectivity index (χ0n) is 10.7. The van der Waals surface area contributed by atoms with Crippen LogP contribution in [0.1, 0.15) is 28.4 Å². The number of pyridine rings is 1. The van der Waals surface area contributed by atoms with E-state index < -0.39 is 0 Å². The van der Waals surface area contributed by atoms with Crippen molar-refractivity contribution < 1.29 is 0 Å². The Morgan fingerprint density at radius 1 is 1.28 bits per heavy atom. The van der Waals surface area contributed by atoms with Crippen molar-refractivity contribution in [3.63, 3.8) is 0 Å². The standard InChI is InChI=1S/C15H17BrN2/c1-10-5-6-11(2)12(8-10)9-14(17)15-13(16)4-3-7-18-15/h3-8,14H,9,17H2,1-2H3. The summed E-state index contributed by atoms with van der Waals surface area (Å²) in [6.07, 6.45) is 2.59. The largest absolute Gasteiger partial charge is 0.322 e. The Labute approximate surface area is 116 Å². The maximum atomic E-state index is 6.25. The van der Waals surface area contributed by atoms with Gasteiger partial charge in [-0.15, -0.1) is 0 Å². The molecule has 1 aromatic heterocycles. The molecule has 0 amide bonds. The number of benzene rings is 1. The number of hydrogen-bond acceptors (Lipinski definition) is 2. The van der Waals surface area contributed by atoms with Crippen LogP contribution in [0.5, 0.6) is 0 Å². The Bertz CT molecular complexity index is 552. The van der Waals surface area contributed by atoms with Gasteiger partial charge in [0.1, 0.15) is 0 Å². The molecule has 94 valence electrons. The van der Waals surface area contributed by atoms with E-state index in [2.05, 4.69) is 53.0 Å². The van der Waals surface area contributed by atoms with Gasteiger partial charge in [-0.2, -0.15) is 0 Å². The van der Waals surface area contributed by atoms with Crippen LogP contribution in [0.2, 0.25) is 0 Å². The van der Waals surface area contributed by atoms with Gasteiger partial charge in [-0.3, -0.25) is 4.98 Å². The molecule has 0 saturated carbocycles. The summed E-state index contributed by atoms with van der Waals surface area (Å²) in [6.45, 7) is 4.22. The fraction of sp³-hybridized carbons (Fsp3) is 0.267. The Kier molecular flexibility index (Phi) is 4.15. The smallest absolute Gasteiger partial charge is 0.0716 e. The molecule has 2 nitrogen and oxygen atoms in total. The van der Waals surface area contributed by atoms with Crippen LogP contribution in [0, 0.1) is 13.8 Å². The fourth-order valence-corrected chi connectivity index (χ4v) is 2.57. The van der Waals surface area contributed by atoms with Crippen LogP contribution in [-0.4, -0.2) is 4.98 Å². The summed E-state index contributed by atoms with van der Waals surface area (Å²) in [6, 6.07) is 10.3. The highest BCUT2D eigenvalue weighted by Crippen LogP contribution is 2.23. The highest BCUT2D eigenvalue weighted by molar-refractivity contribution is 9.10. The van der Waals surface area contributed by atoms with Gasteiger partial charge in [-0.25, -0.2) is 0 Å². The molecule has 0 aliphatic rings. The van der Waals surface area contributed by atoms with Gasteiger partial charge in [0.05, 0.1) is 11.7 Å². The molecule has 0 spiro atoms. The van der Waals surface area contributed by atoms with E-state index in [0.717, 1.165) is 16.6 Å². The molecule has 2 rings (SSSR count). The Hall–Kier alpha value is -1.19. The summed E-state index contributed by atoms with van der Waals surface area (Å²) in [5, 5.41) is 0. The highest BCUT2D eigenvalue weighted by atomic mass is 79.9. The van der Waals surface area contributed by atoms with E-state index in [-0.39, 0.29) is 6.04 Å². The van der Waals surface area contributed by atoms with E-state index in [0.29, 0.717) is 0 Å². The topological polar surface area (TPSA) is 38.9 Å². The van der Waals surface area contributed by atoms with Gasteiger partial charge in [-0.05, 0) is 59.5 Å². The van der Waals surface area contributed by atoms with Gasteiger partial charge < -0.3 is 5.73 Å². The number of aromatic nitrogens is 1. The lowest BCUT2D eigenvalue weighted by Gasteiger charge is -2.14. The minimum atomic E-state index is -0.0823. The van der Waals surface area contributed by atoms with Crippen molar-refractivity contribution in [1.29, 1.82) is 0 Å². The third-order valence-corrected chi connectivity index (χ3v) is 3.75. The van der Waals surface area contributed by atoms with Crippen LogP contribution in [0.4, 0.5) is 0 Å². The average Bonchev–Trinajstić information content (AvgIpc) is 2.34. The quantitative estimate of drug-likeness (QED) is 0.939. The van der Waals surface area contributed by atoms with Crippen LogP contribution in [0.3, 0.4) is 0 Å². The number of nitrogens with zero attached hydrogens (tertiary/aromatic N) is 1. The molecule has 0 bridgehead atoms. The van der Waals surface area contributed by atoms with E-state index in [1.54, 1.807) is 6.20 Å². The normalized spacial score (nSPS) is 12.4. The molecule has 0 fully saturated rings. The highest BCUT2D eigenvalue weighted by Gasteiger charge is 2.13. The van der Waals surface area contributed by atoms with Gasteiger partial charge in [-0.1, -0.05) is 23.8 Å². The number of nitrogens with two attached hydrogens (primary N) is 1. The summed E-state index contributed by atoms with van der Waals surface area (Å²) < 4.78 is 0.975. The molecule has 1 heterocycles. The number of halogens is 1. The van der Waals surface area contributed by atoms with E-state index >= 15 is 0 Å². The van der Waals surface area contributed by atoms with E-state index in [1.165, 1.54) is 16.7 Å². The lowest BCUT2D eigenvalue weighted by molar-refractivity contribution is 0.689. The Morgan fingerprint density at radius 2 is 2.06 bits per heavy atom. The van der Waals surface area contributed by atoms with Gasteiger partial charge in [0, 0.05) is 10.7 Å². The minimum Gasteiger partial charge on any atom is -0.322 e. The van der Waals surface area contributed by atoms with Crippen molar-refractivity contribution in [1.82, 2.24) is 4.98 Å². The Morgan fingerprint density at radius 3 is 2.78 bits per heavy atom. The van der Waals surface area contributed by atoms with Gasteiger partial charge in [0.25, 0.3) is 0 Å². The summed E-state index contributed by atoms with van der Waals surface area (Å²) in [5.41, 5.74) is 11.0. The van der Waals surface area contributed by atoms with Crippen molar-refractivity contribution in [3.8, 4) is 0 Å². The molecule has 0 radical (unpaired) electrons. The van der Waals surface area contributed by atoms with Crippen molar-refractivity contribution in [2.45, 2.75) is 26.3 Å². The van der Waals surface area contributed by atoms with Gasteiger partial charge in [0.2, 0.25) is 0 Å². The van der Waals surface area contributed by atoms with Crippen LogP contribution in [0.15, 0.2) is 41.0 Å². The predicted octanol–water partition coefficient (Wildman–Crippen LogP) is 3.70. The fourth-order valence-electron chi connectivity index (χ4n) is 2.02. The molecule has 0 aliphatic carbocycles. The number of rotatable bonds is 3. The van der Waals surface area contributed by atoms with Crippen molar-refractivity contribution in [3.05, 3.63) is 63.4 Å². The van der Waals surface area contributed by atoms with Crippen LogP contribution < -0.4 is 5.73 Å². The lowest BCUT2D eigenvalue weighted by Crippen LogP contribution is -2.16. The first-order valence-corrected chi connectivity index (χ1v) is 6.79. The first-order valence-electron chi connectivity index (χ1n) is 6.00. The molecule has 2 N–H and O–H groups in total. The SMILES string of the molecule is Cc1ccc(C)c(CC(N)c2ncccc2Br)c1. The summed E-state index contributed by atoms with van der Waals surface area (Å²) in [4.78, 5) is 4.35. The third kappa shape index (κ3) is 2.98. The molecule has 2 aromatic rings. The molecule has 0 saturated heterocycles. The van der Waals surface area contributed by atoms with E-state index in [9.17, 15) is 0 Å². The molecular formula is C15H17BrN2. The molecular weight excluding hydrogens is 288 g/mol.